The third kappa shape index (κ3) is 4.53. The highest BCUT2D eigenvalue weighted by Gasteiger charge is 2.32. The second-order valence-corrected chi connectivity index (χ2v) is 8.18. The Morgan fingerprint density at radius 2 is 1.71 bits per heavy atom. The van der Waals surface area contributed by atoms with Gasteiger partial charge in [0.2, 0.25) is 5.91 Å². The molecule has 0 aliphatic heterocycles. The van der Waals surface area contributed by atoms with Crippen LogP contribution in [0, 0.1) is 0 Å². The topological polar surface area (TPSA) is 41.1 Å². The zero-order valence-electron chi connectivity index (χ0n) is 11.9. The standard InChI is InChI=1S/C15H19Br3N2O/c1-19-15(5-3-2-4-6-15)9-13(21)20-14-11(17)7-10(16)8-12(14)18/h7-8,19H,2-6,9H2,1H3,(H,20,21). The van der Waals surface area contributed by atoms with Crippen molar-refractivity contribution >= 4 is 59.4 Å². The van der Waals surface area contributed by atoms with Crippen LogP contribution >= 0.6 is 47.8 Å². The first kappa shape index (κ1) is 17.4. The molecule has 0 aromatic heterocycles. The van der Waals surface area contributed by atoms with Gasteiger partial charge in [0.15, 0.2) is 0 Å². The molecule has 2 rings (SSSR count). The van der Waals surface area contributed by atoms with Crippen molar-refractivity contribution in [2.75, 3.05) is 12.4 Å². The maximum atomic E-state index is 12.4. The lowest BCUT2D eigenvalue weighted by molar-refractivity contribution is -0.117. The summed E-state index contributed by atoms with van der Waals surface area (Å²) >= 11 is 10.4. The maximum absolute atomic E-state index is 12.4. The first-order chi connectivity index (χ1) is 9.96. The maximum Gasteiger partial charge on any atom is 0.226 e. The monoisotopic (exact) mass is 480 g/mol. The van der Waals surface area contributed by atoms with Gasteiger partial charge in [-0.3, -0.25) is 4.79 Å². The number of halogens is 3. The number of carbonyl (C=O) groups is 1. The molecule has 0 unspecified atom stereocenters. The number of anilines is 1. The molecule has 0 heterocycles. The second kappa shape index (κ2) is 7.57. The van der Waals surface area contributed by atoms with E-state index in [9.17, 15) is 4.79 Å². The molecule has 0 atom stereocenters. The van der Waals surface area contributed by atoms with Crippen LogP contribution in [0.4, 0.5) is 5.69 Å². The van der Waals surface area contributed by atoms with Gasteiger partial charge in [-0.25, -0.2) is 0 Å². The molecular weight excluding hydrogens is 464 g/mol. The Hall–Kier alpha value is 0.0900. The fourth-order valence-corrected chi connectivity index (χ4v) is 5.35. The van der Waals surface area contributed by atoms with Gasteiger partial charge < -0.3 is 10.6 Å². The van der Waals surface area contributed by atoms with Crippen molar-refractivity contribution in [1.29, 1.82) is 0 Å². The van der Waals surface area contributed by atoms with E-state index in [1.807, 2.05) is 19.2 Å². The third-order valence-corrected chi connectivity index (χ3v) is 5.82. The van der Waals surface area contributed by atoms with Crippen molar-refractivity contribution in [3.8, 4) is 0 Å². The summed E-state index contributed by atoms with van der Waals surface area (Å²) in [5.74, 6) is 0.0509. The van der Waals surface area contributed by atoms with Gasteiger partial charge in [-0.1, -0.05) is 35.2 Å². The highest BCUT2D eigenvalue weighted by Crippen LogP contribution is 2.36. The lowest BCUT2D eigenvalue weighted by Crippen LogP contribution is -2.47. The Morgan fingerprint density at radius 1 is 1.14 bits per heavy atom. The first-order valence-electron chi connectivity index (χ1n) is 7.09. The summed E-state index contributed by atoms with van der Waals surface area (Å²) in [7, 11) is 1.96. The molecule has 116 valence electrons. The van der Waals surface area contributed by atoms with Crippen LogP contribution in [0.15, 0.2) is 25.6 Å². The number of hydrogen-bond acceptors (Lipinski definition) is 2. The number of benzene rings is 1. The zero-order chi connectivity index (χ0) is 15.5. The normalized spacial score (nSPS) is 17.5. The molecule has 2 N–H and O–H groups in total. The number of nitrogens with one attached hydrogen (secondary N) is 2. The minimum absolute atomic E-state index is 0.0450. The van der Waals surface area contributed by atoms with Crippen LogP contribution in [0.1, 0.15) is 38.5 Å². The van der Waals surface area contributed by atoms with Gasteiger partial charge >= 0.3 is 0 Å². The van der Waals surface area contributed by atoms with Crippen molar-refractivity contribution in [3.63, 3.8) is 0 Å². The summed E-state index contributed by atoms with van der Waals surface area (Å²) in [6.07, 6.45) is 6.31. The number of rotatable bonds is 4. The summed E-state index contributed by atoms with van der Waals surface area (Å²) < 4.78 is 2.68. The minimum atomic E-state index is -0.0450. The molecule has 0 spiro atoms. The number of amides is 1. The molecule has 1 aromatic carbocycles. The number of hydrogen-bond donors (Lipinski definition) is 2. The molecule has 1 aliphatic rings. The predicted octanol–water partition coefficient (Wildman–Crippen LogP) is 5.23. The summed E-state index contributed by atoms with van der Waals surface area (Å²) in [6, 6.07) is 3.85. The Labute approximate surface area is 151 Å². The van der Waals surface area contributed by atoms with E-state index >= 15 is 0 Å². The summed E-state index contributed by atoms with van der Waals surface area (Å²) in [6.45, 7) is 0. The lowest BCUT2D eigenvalue weighted by Gasteiger charge is -2.36. The third-order valence-electron chi connectivity index (χ3n) is 4.11. The van der Waals surface area contributed by atoms with Gasteiger partial charge in [-0.2, -0.15) is 0 Å². The largest absolute Gasteiger partial charge is 0.324 e. The van der Waals surface area contributed by atoms with Gasteiger partial charge in [0.25, 0.3) is 0 Å². The highest BCUT2D eigenvalue weighted by molar-refractivity contribution is 9.11. The Balaban J connectivity index is 2.08. The second-order valence-electron chi connectivity index (χ2n) is 5.56. The van der Waals surface area contributed by atoms with Gasteiger partial charge in [0.1, 0.15) is 0 Å². The van der Waals surface area contributed by atoms with Crippen molar-refractivity contribution in [2.24, 2.45) is 0 Å². The summed E-state index contributed by atoms with van der Waals surface area (Å²) in [5.41, 5.74) is 0.738. The van der Waals surface area contributed by atoms with Crippen LogP contribution in [0.2, 0.25) is 0 Å². The van der Waals surface area contributed by atoms with Gasteiger partial charge in [0.05, 0.1) is 5.69 Å². The zero-order valence-corrected chi connectivity index (χ0v) is 16.7. The Morgan fingerprint density at radius 3 is 2.24 bits per heavy atom. The van der Waals surface area contributed by atoms with E-state index < -0.39 is 0 Å². The molecular formula is C15H19Br3N2O. The van der Waals surface area contributed by atoms with Crippen LogP contribution in [0.25, 0.3) is 0 Å². The Kier molecular flexibility index (Phi) is 6.29. The van der Waals surface area contributed by atoms with E-state index in [1.165, 1.54) is 19.3 Å². The van der Waals surface area contributed by atoms with E-state index in [2.05, 4.69) is 58.4 Å². The van der Waals surface area contributed by atoms with E-state index in [0.29, 0.717) is 6.42 Å². The van der Waals surface area contributed by atoms with Crippen LogP contribution in [-0.4, -0.2) is 18.5 Å². The quantitative estimate of drug-likeness (QED) is 0.617. The minimum Gasteiger partial charge on any atom is -0.324 e. The Bertz CT molecular complexity index is 505. The van der Waals surface area contributed by atoms with Crippen molar-refractivity contribution in [2.45, 2.75) is 44.1 Å². The van der Waals surface area contributed by atoms with Gasteiger partial charge in [0, 0.05) is 25.4 Å². The highest BCUT2D eigenvalue weighted by atomic mass is 79.9. The van der Waals surface area contributed by atoms with Crippen LogP contribution < -0.4 is 10.6 Å². The van der Waals surface area contributed by atoms with E-state index in [0.717, 1.165) is 31.9 Å². The molecule has 1 saturated carbocycles. The molecule has 1 aromatic rings. The van der Waals surface area contributed by atoms with Crippen molar-refractivity contribution in [3.05, 3.63) is 25.6 Å². The lowest BCUT2D eigenvalue weighted by atomic mass is 9.79. The summed E-state index contributed by atoms with van der Waals surface area (Å²) in [4.78, 5) is 12.4. The van der Waals surface area contributed by atoms with E-state index in [1.54, 1.807) is 0 Å². The molecule has 0 bridgehead atoms. The smallest absolute Gasteiger partial charge is 0.226 e. The van der Waals surface area contributed by atoms with Crippen molar-refractivity contribution in [1.82, 2.24) is 5.32 Å². The van der Waals surface area contributed by atoms with Crippen LogP contribution in [0.5, 0.6) is 0 Å². The van der Waals surface area contributed by atoms with Crippen molar-refractivity contribution < 1.29 is 4.79 Å². The molecule has 3 nitrogen and oxygen atoms in total. The molecule has 1 amide bonds. The first-order valence-corrected chi connectivity index (χ1v) is 9.47. The molecule has 6 heteroatoms. The molecule has 1 aliphatic carbocycles. The fourth-order valence-electron chi connectivity index (χ4n) is 2.90. The van der Waals surface area contributed by atoms with Gasteiger partial charge in [-0.15, -0.1) is 0 Å². The van der Waals surface area contributed by atoms with Gasteiger partial charge in [-0.05, 0) is 63.9 Å². The summed E-state index contributed by atoms with van der Waals surface area (Å²) in [5, 5.41) is 6.40. The predicted molar refractivity (Wildman–Crippen MR) is 97.7 cm³/mol. The molecule has 0 radical (unpaired) electrons. The average Bonchev–Trinajstić information content (AvgIpc) is 2.44. The van der Waals surface area contributed by atoms with Crippen LogP contribution in [-0.2, 0) is 4.79 Å². The average molecular weight is 483 g/mol. The molecule has 21 heavy (non-hydrogen) atoms. The van der Waals surface area contributed by atoms with Crippen LogP contribution in [0.3, 0.4) is 0 Å². The molecule has 1 fully saturated rings. The molecule has 0 saturated heterocycles. The van der Waals surface area contributed by atoms with E-state index in [4.69, 9.17) is 0 Å². The fraction of sp³-hybridized carbons (Fsp3) is 0.533. The van der Waals surface area contributed by atoms with E-state index in [-0.39, 0.29) is 11.4 Å². The number of carbonyl (C=O) groups excluding carboxylic acids is 1. The SMILES string of the molecule is CNC1(CC(=O)Nc2c(Br)cc(Br)cc2Br)CCCCC1.